The van der Waals surface area contributed by atoms with Crippen LogP contribution in [0.2, 0.25) is 0 Å². The molecule has 1 aliphatic heterocycles. The van der Waals surface area contributed by atoms with Gasteiger partial charge in [-0.2, -0.15) is 0 Å². The molecule has 0 aliphatic carbocycles. The molecule has 2 unspecified atom stereocenters. The maximum absolute atomic E-state index is 11.8. The van der Waals surface area contributed by atoms with Crippen LogP contribution in [0.15, 0.2) is 6.33 Å². The summed E-state index contributed by atoms with van der Waals surface area (Å²) in [6, 6.07) is -0.144. The number of carbonyl (C=O) groups is 1. The highest BCUT2D eigenvalue weighted by molar-refractivity contribution is 5.82. The van der Waals surface area contributed by atoms with E-state index in [0.717, 1.165) is 18.8 Å². The SMILES string of the molecule is COC1CNC(C(=O)NCCc2nncn2C)C1. The Bertz CT molecular complexity index is 406. The summed E-state index contributed by atoms with van der Waals surface area (Å²) in [7, 11) is 3.56. The summed E-state index contributed by atoms with van der Waals surface area (Å²) in [5, 5.41) is 13.8. The second-order valence-electron chi connectivity index (χ2n) is 4.45. The first-order valence-corrected chi connectivity index (χ1v) is 6.07. The Balaban J connectivity index is 1.71. The van der Waals surface area contributed by atoms with E-state index in [1.807, 2.05) is 11.6 Å². The lowest BCUT2D eigenvalue weighted by Gasteiger charge is -2.10. The molecule has 2 N–H and O–H groups in total. The Morgan fingerprint density at radius 2 is 2.56 bits per heavy atom. The molecule has 100 valence electrons. The molecule has 0 bridgehead atoms. The van der Waals surface area contributed by atoms with E-state index in [0.29, 0.717) is 13.0 Å². The topological polar surface area (TPSA) is 81.1 Å². The van der Waals surface area contributed by atoms with E-state index in [-0.39, 0.29) is 18.1 Å². The lowest BCUT2D eigenvalue weighted by Crippen LogP contribution is -2.41. The maximum atomic E-state index is 11.8. The number of ether oxygens (including phenoxy) is 1. The van der Waals surface area contributed by atoms with Crippen LogP contribution in [0.5, 0.6) is 0 Å². The third-order valence-electron chi connectivity index (χ3n) is 3.19. The van der Waals surface area contributed by atoms with Crippen molar-refractivity contribution in [3.8, 4) is 0 Å². The molecule has 7 heteroatoms. The van der Waals surface area contributed by atoms with E-state index >= 15 is 0 Å². The summed E-state index contributed by atoms with van der Waals surface area (Å²) in [6.07, 6.45) is 3.20. The van der Waals surface area contributed by atoms with Crippen molar-refractivity contribution < 1.29 is 9.53 Å². The molecule has 2 heterocycles. The number of hydrogen-bond acceptors (Lipinski definition) is 5. The highest BCUT2D eigenvalue weighted by Crippen LogP contribution is 2.09. The molecule has 0 spiro atoms. The number of nitrogens with zero attached hydrogens (tertiary/aromatic N) is 3. The standard InChI is InChI=1S/C11H19N5O2/c1-16-7-14-15-10(16)3-4-12-11(17)9-5-8(18-2)6-13-9/h7-9,13H,3-6H2,1-2H3,(H,12,17). The van der Waals surface area contributed by atoms with E-state index in [9.17, 15) is 4.79 Å². The quantitative estimate of drug-likeness (QED) is 0.692. The third-order valence-corrected chi connectivity index (χ3v) is 3.19. The van der Waals surface area contributed by atoms with Crippen LogP contribution in [-0.2, 0) is 23.0 Å². The van der Waals surface area contributed by atoms with Crippen molar-refractivity contribution in [2.24, 2.45) is 7.05 Å². The van der Waals surface area contributed by atoms with Crippen LogP contribution in [0.3, 0.4) is 0 Å². The maximum Gasteiger partial charge on any atom is 0.237 e. The number of nitrogens with one attached hydrogen (secondary N) is 2. The first kappa shape index (κ1) is 13.0. The minimum absolute atomic E-state index is 0.0247. The van der Waals surface area contributed by atoms with Gasteiger partial charge in [-0.1, -0.05) is 0 Å². The van der Waals surface area contributed by atoms with Crippen molar-refractivity contribution >= 4 is 5.91 Å². The molecular formula is C11H19N5O2. The Labute approximate surface area is 106 Å². The van der Waals surface area contributed by atoms with Crippen LogP contribution in [0.1, 0.15) is 12.2 Å². The molecular weight excluding hydrogens is 234 g/mol. The highest BCUT2D eigenvalue weighted by Gasteiger charge is 2.28. The predicted molar refractivity (Wildman–Crippen MR) is 64.9 cm³/mol. The monoisotopic (exact) mass is 253 g/mol. The molecule has 1 aliphatic rings. The van der Waals surface area contributed by atoms with Gasteiger partial charge >= 0.3 is 0 Å². The Morgan fingerprint density at radius 3 is 3.17 bits per heavy atom. The van der Waals surface area contributed by atoms with Gasteiger partial charge in [0.2, 0.25) is 5.91 Å². The normalized spacial score (nSPS) is 23.2. The van der Waals surface area contributed by atoms with Gasteiger partial charge in [-0.3, -0.25) is 4.79 Å². The molecule has 1 aromatic heterocycles. The van der Waals surface area contributed by atoms with Crippen LogP contribution in [0.4, 0.5) is 0 Å². The first-order valence-electron chi connectivity index (χ1n) is 6.07. The van der Waals surface area contributed by atoms with Crippen molar-refractivity contribution in [3.05, 3.63) is 12.2 Å². The largest absolute Gasteiger partial charge is 0.380 e. The van der Waals surface area contributed by atoms with Gasteiger partial charge in [-0.05, 0) is 6.42 Å². The van der Waals surface area contributed by atoms with Crippen LogP contribution in [-0.4, -0.2) is 53.0 Å². The van der Waals surface area contributed by atoms with Gasteiger partial charge in [-0.15, -0.1) is 10.2 Å². The second-order valence-corrected chi connectivity index (χ2v) is 4.45. The third kappa shape index (κ3) is 3.05. The number of rotatable bonds is 5. The predicted octanol–water partition coefficient (Wildman–Crippen LogP) is -1.15. The number of carbonyl (C=O) groups excluding carboxylic acids is 1. The van der Waals surface area contributed by atoms with Crippen LogP contribution in [0, 0.1) is 0 Å². The van der Waals surface area contributed by atoms with Gasteiger partial charge in [0.15, 0.2) is 0 Å². The van der Waals surface area contributed by atoms with Crippen molar-refractivity contribution in [1.29, 1.82) is 0 Å². The summed E-state index contributed by atoms with van der Waals surface area (Å²) in [5.41, 5.74) is 0. The number of amides is 1. The fraction of sp³-hybridized carbons (Fsp3) is 0.727. The molecule has 1 amide bonds. The summed E-state index contributed by atoms with van der Waals surface area (Å²) >= 11 is 0. The van der Waals surface area contributed by atoms with Crippen molar-refractivity contribution in [1.82, 2.24) is 25.4 Å². The molecule has 2 rings (SSSR count). The van der Waals surface area contributed by atoms with Crippen molar-refractivity contribution in [2.75, 3.05) is 20.2 Å². The number of aromatic nitrogens is 3. The molecule has 1 saturated heterocycles. The minimum atomic E-state index is -0.144. The van der Waals surface area contributed by atoms with Crippen LogP contribution < -0.4 is 10.6 Å². The zero-order valence-corrected chi connectivity index (χ0v) is 10.7. The fourth-order valence-corrected chi connectivity index (χ4v) is 2.04. The molecule has 1 fully saturated rings. The molecule has 7 nitrogen and oxygen atoms in total. The average molecular weight is 253 g/mol. The number of aryl methyl sites for hydroxylation is 1. The Hall–Kier alpha value is -1.47. The van der Waals surface area contributed by atoms with E-state index in [1.165, 1.54) is 0 Å². The average Bonchev–Trinajstić information content (AvgIpc) is 2.98. The van der Waals surface area contributed by atoms with Gasteiger partial charge in [0.1, 0.15) is 12.2 Å². The van der Waals surface area contributed by atoms with Gasteiger partial charge in [0.25, 0.3) is 0 Å². The molecule has 0 radical (unpaired) electrons. The number of methoxy groups -OCH3 is 1. The lowest BCUT2D eigenvalue weighted by molar-refractivity contribution is -0.122. The Kier molecular flexibility index (Phi) is 4.27. The van der Waals surface area contributed by atoms with Crippen LogP contribution >= 0.6 is 0 Å². The lowest BCUT2D eigenvalue weighted by atomic mass is 10.2. The van der Waals surface area contributed by atoms with Gasteiger partial charge in [0.05, 0.1) is 12.1 Å². The van der Waals surface area contributed by atoms with E-state index in [2.05, 4.69) is 20.8 Å². The summed E-state index contributed by atoms with van der Waals surface area (Å²) < 4.78 is 7.05. The van der Waals surface area contributed by atoms with Gasteiger partial charge in [0, 0.05) is 33.7 Å². The summed E-state index contributed by atoms with van der Waals surface area (Å²) in [4.78, 5) is 11.8. The molecule has 0 aromatic carbocycles. The highest BCUT2D eigenvalue weighted by atomic mass is 16.5. The fourth-order valence-electron chi connectivity index (χ4n) is 2.04. The van der Waals surface area contributed by atoms with Crippen LogP contribution in [0.25, 0.3) is 0 Å². The van der Waals surface area contributed by atoms with Gasteiger partial charge < -0.3 is 19.9 Å². The van der Waals surface area contributed by atoms with E-state index < -0.39 is 0 Å². The molecule has 18 heavy (non-hydrogen) atoms. The minimum Gasteiger partial charge on any atom is -0.380 e. The smallest absolute Gasteiger partial charge is 0.237 e. The second kappa shape index (κ2) is 5.92. The van der Waals surface area contributed by atoms with E-state index in [1.54, 1.807) is 13.4 Å². The molecule has 0 saturated carbocycles. The first-order chi connectivity index (χ1) is 8.70. The molecule has 1 aromatic rings. The van der Waals surface area contributed by atoms with Crippen molar-refractivity contribution in [2.45, 2.75) is 25.0 Å². The number of hydrogen-bond donors (Lipinski definition) is 2. The molecule has 2 atom stereocenters. The zero-order chi connectivity index (χ0) is 13.0. The van der Waals surface area contributed by atoms with Crippen molar-refractivity contribution in [3.63, 3.8) is 0 Å². The summed E-state index contributed by atoms with van der Waals surface area (Å²) in [6.45, 7) is 1.30. The van der Waals surface area contributed by atoms with Gasteiger partial charge in [-0.25, -0.2) is 0 Å². The van der Waals surface area contributed by atoms with E-state index in [4.69, 9.17) is 4.74 Å². The summed E-state index contributed by atoms with van der Waals surface area (Å²) in [5.74, 6) is 0.890. The Morgan fingerprint density at radius 1 is 1.72 bits per heavy atom. The zero-order valence-electron chi connectivity index (χ0n) is 10.7.